The van der Waals surface area contributed by atoms with Gasteiger partial charge >= 0.3 is 0 Å². The predicted octanol–water partition coefficient (Wildman–Crippen LogP) is 4.21. The van der Waals surface area contributed by atoms with E-state index in [9.17, 15) is 9.59 Å². The first-order valence-electron chi connectivity index (χ1n) is 9.41. The molecule has 2 aromatic rings. The monoisotopic (exact) mass is 479 g/mol. The largest absolute Gasteiger partial charge is 0.480 e. The van der Waals surface area contributed by atoms with Gasteiger partial charge < -0.3 is 20.7 Å². The molecular formula is C21H23BrClN3O3. The first-order chi connectivity index (χ1) is 13.8. The molecule has 8 heteroatoms. The van der Waals surface area contributed by atoms with Gasteiger partial charge in [-0.3, -0.25) is 9.59 Å². The van der Waals surface area contributed by atoms with E-state index in [1.807, 2.05) is 24.3 Å². The van der Waals surface area contributed by atoms with E-state index in [0.717, 1.165) is 5.69 Å². The molecule has 3 rings (SSSR count). The lowest BCUT2D eigenvalue weighted by Crippen LogP contribution is -2.39. The molecular weight excluding hydrogens is 458 g/mol. The number of nitrogens with one attached hydrogen (secondary N) is 1. The summed E-state index contributed by atoms with van der Waals surface area (Å²) in [7, 11) is 0. The first-order valence-corrected chi connectivity index (χ1v) is 10.6. The van der Waals surface area contributed by atoms with Gasteiger partial charge in [0.15, 0.2) is 6.10 Å². The highest BCUT2D eigenvalue weighted by molar-refractivity contribution is 9.10. The van der Waals surface area contributed by atoms with Crippen LogP contribution in [0.5, 0.6) is 5.75 Å². The second-order valence-electron chi connectivity index (χ2n) is 7.00. The minimum atomic E-state index is -0.707. The zero-order valence-electron chi connectivity index (χ0n) is 16.0. The molecule has 1 atom stereocenters. The molecule has 154 valence electrons. The molecule has 0 aliphatic carbocycles. The van der Waals surface area contributed by atoms with Crippen molar-refractivity contribution in [3.63, 3.8) is 0 Å². The molecule has 0 radical (unpaired) electrons. The molecule has 0 bridgehead atoms. The summed E-state index contributed by atoms with van der Waals surface area (Å²) in [6.45, 7) is 3.12. The Bertz CT molecular complexity index is 900. The maximum absolute atomic E-state index is 12.7. The van der Waals surface area contributed by atoms with Gasteiger partial charge in [0, 0.05) is 24.0 Å². The van der Waals surface area contributed by atoms with E-state index in [0.29, 0.717) is 46.9 Å². The van der Waals surface area contributed by atoms with Gasteiger partial charge in [0.05, 0.1) is 15.8 Å². The lowest BCUT2D eigenvalue weighted by molar-refractivity contribution is -0.122. The van der Waals surface area contributed by atoms with E-state index >= 15 is 0 Å². The van der Waals surface area contributed by atoms with Crippen molar-refractivity contribution >= 4 is 50.7 Å². The van der Waals surface area contributed by atoms with Gasteiger partial charge in [-0.15, -0.1) is 0 Å². The number of carbonyl (C=O) groups is 2. The highest BCUT2D eigenvalue weighted by Crippen LogP contribution is 2.31. The summed E-state index contributed by atoms with van der Waals surface area (Å²) in [4.78, 5) is 26.3. The van der Waals surface area contributed by atoms with Crippen molar-refractivity contribution in [1.29, 1.82) is 0 Å². The summed E-state index contributed by atoms with van der Waals surface area (Å²) >= 11 is 9.34. The zero-order valence-corrected chi connectivity index (χ0v) is 18.4. The van der Waals surface area contributed by atoms with E-state index in [4.69, 9.17) is 22.1 Å². The number of piperidine rings is 1. The second-order valence-corrected chi connectivity index (χ2v) is 8.30. The average Bonchev–Trinajstić information content (AvgIpc) is 2.70. The summed E-state index contributed by atoms with van der Waals surface area (Å²) in [6, 6.07) is 12.8. The Hall–Kier alpha value is -2.25. The van der Waals surface area contributed by atoms with E-state index in [2.05, 4.69) is 26.1 Å². The molecule has 2 amide bonds. The molecule has 1 aliphatic rings. The molecule has 3 N–H and O–H groups in total. The smallest absolute Gasteiger partial charge is 0.265 e. The normalized spacial score (nSPS) is 15.6. The van der Waals surface area contributed by atoms with Crippen LogP contribution in [0.15, 0.2) is 46.9 Å². The van der Waals surface area contributed by atoms with Crippen molar-refractivity contribution in [2.24, 2.45) is 11.7 Å². The third kappa shape index (κ3) is 5.42. The molecule has 1 saturated heterocycles. The van der Waals surface area contributed by atoms with Crippen molar-refractivity contribution in [2.75, 3.05) is 23.3 Å². The molecule has 1 fully saturated rings. The van der Waals surface area contributed by atoms with E-state index in [1.54, 1.807) is 25.1 Å². The van der Waals surface area contributed by atoms with Gasteiger partial charge in [0.25, 0.3) is 5.91 Å². The van der Waals surface area contributed by atoms with Crippen molar-refractivity contribution in [3.8, 4) is 5.75 Å². The van der Waals surface area contributed by atoms with Crippen molar-refractivity contribution < 1.29 is 14.3 Å². The Balaban J connectivity index is 1.67. The first kappa shape index (κ1) is 21.5. The summed E-state index contributed by atoms with van der Waals surface area (Å²) in [5, 5.41) is 3.53. The highest BCUT2D eigenvalue weighted by Gasteiger charge is 2.25. The number of para-hydroxylation sites is 2. The molecule has 1 aliphatic heterocycles. The predicted molar refractivity (Wildman–Crippen MR) is 118 cm³/mol. The number of benzene rings is 2. The van der Waals surface area contributed by atoms with Gasteiger partial charge in [-0.1, -0.05) is 23.7 Å². The fourth-order valence-corrected chi connectivity index (χ4v) is 4.09. The van der Waals surface area contributed by atoms with Gasteiger partial charge in [-0.05, 0) is 66.0 Å². The maximum atomic E-state index is 12.7. The standard InChI is InChI=1S/C21H23BrClN3O3/c1-13(29-19-7-6-15(23)12-16(19)22)21(28)25-17-4-2-3-5-18(17)26-10-8-14(9-11-26)20(24)27/h2-7,12-14H,8-11H2,1H3,(H2,24,27)(H,25,28). The molecule has 1 unspecified atom stereocenters. The third-order valence-corrected chi connectivity index (χ3v) is 5.82. The summed E-state index contributed by atoms with van der Waals surface area (Å²) in [6.07, 6.45) is 0.713. The summed E-state index contributed by atoms with van der Waals surface area (Å²) < 4.78 is 6.46. The van der Waals surface area contributed by atoms with E-state index in [-0.39, 0.29) is 17.7 Å². The molecule has 0 aromatic heterocycles. The Morgan fingerprint density at radius 1 is 1.24 bits per heavy atom. The van der Waals surface area contributed by atoms with Gasteiger partial charge in [0.2, 0.25) is 5.91 Å². The number of amides is 2. The quantitative estimate of drug-likeness (QED) is 0.649. The topological polar surface area (TPSA) is 84.7 Å². The lowest BCUT2D eigenvalue weighted by Gasteiger charge is -2.33. The molecule has 0 saturated carbocycles. The number of carbonyl (C=O) groups excluding carboxylic acids is 2. The Morgan fingerprint density at radius 2 is 1.93 bits per heavy atom. The van der Waals surface area contributed by atoms with E-state index < -0.39 is 6.10 Å². The number of hydrogen-bond acceptors (Lipinski definition) is 4. The van der Waals surface area contributed by atoms with Crippen LogP contribution in [0.3, 0.4) is 0 Å². The minimum Gasteiger partial charge on any atom is -0.480 e. The number of nitrogens with zero attached hydrogens (tertiary/aromatic N) is 1. The van der Waals surface area contributed by atoms with Crippen LogP contribution in [0.1, 0.15) is 19.8 Å². The molecule has 1 heterocycles. The van der Waals surface area contributed by atoms with Crippen LogP contribution >= 0.6 is 27.5 Å². The minimum absolute atomic E-state index is 0.0840. The summed E-state index contributed by atoms with van der Waals surface area (Å²) in [5.74, 6) is -0.0463. The van der Waals surface area contributed by atoms with Crippen molar-refractivity contribution in [2.45, 2.75) is 25.9 Å². The number of primary amides is 1. The van der Waals surface area contributed by atoms with Crippen LogP contribution in [-0.2, 0) is 9.59 Å². The fourth-order valence-electron chi connectivity index (χ4n) is 3.31. The van der Waals surface area contributed by atoms with Gasteiger partial charge in [-0.25, -0.2) is 0 Å². The number of anilines is 2. The molecule has 29 heavy (non-hydrogen) atoms. The van der Waals surface area contributed by atoms with Gasteiger partial charge in [-0.2, -0.15) is 0 Å². The van der Waals surface area contributed by atoms with Crippen LogP contribution in [0.25, 0.3) is 0 Å². The second kappa shape index (κ2) is 9.50. The number of halogens is 2. The Labute approximate surface area is 183 Å². The van der Waals surface area contributed by atoms with Crippen molar-refractivity contribution in [1.82, 2.24) is 0 Å². The molecule has 0 spiro atoms. The molecule has 6 nitrogen and oxygen atoms in total. The number of rotatable bonds is 6. The van der Waals surface area contributed by atoms with Crippen molar-refractivity contribution in [3.05, 3.63) is 52.0 Å². The Morgan fingerprint density at radius 3 is 2.59 bits per heavy atom. The van der Waals surface area contributed by atoms with Crippen LogP contribution in [-0.4, -0.2) is 31.0 Å². The fraction of sp³-hybridized carbons (Fsp3) is 0.333. The number of hydrogen-bond donors (Lipinski definition) is 2. The Kier molecular flexibility index (Phi) is 7.03. The van der Waals surface area contributed by atoms with E-state index in [1.165, 1.54) is 0 Å². The van der Waals surface area contributed by atoms with Crippen LogP contribution in [0.2, 0.25) is 5.02 Å². The number of ether oxygens (including phenoxy) is 1. The van der Waals surface area contributed by atoms with Crippen LogP contribution in [0, 0.1) is 5.92 Å². The highest BCUT2D eigenvalue weighted by atomic mass is 79.9. The van der Waals surface area contributed by atoms with Crippen LogP contribution < -0.4 is 20.7 Å². The summed E-state index contributed by atoms with van der Waals surface area (Å²) in [5.41, 5.74) is 7.05. The zero-order chi connectivity index (χ0) is 21.0. The van der Waals surface area contributed by atoms with Crippen LogP contribution in [0.4, 0.5) is 11.4 Å². The average molecular weight is 481 g/mol. The van der Waals surface area contributed by atoms with Gasteiger partial charge in [0.1, 0.15) is 5.75 Å². The molecule has 2 aromatic carbocycles. The lowest BCUT2D eigenvalue weighted by atomic mass is 9.96. The third-order valence-electron chi connectivity index (χ3n) is 4.97. The number of nitrogens with two attached hydrogens (primary N) is 1. The maximum Gasteiger partial charge on any atom is 0.265 e. The SMILES string of the molecule is CC(Oc1ccc(Cl)cc1Br)C(=O)Nc1ccccc1N1CCC(C(N)=O)CC1.